The summed E-state index contributed by atoms with van der Waals surface area (Å²) in [6.07, 6.45) is 5.34. The van der Waals surface area contributed by atoms with Gasteiger partial charge in [0.1, 0.15) is 6.17 Å². The summed E-state index contributed by atoms with van der Waals surface area (Å²) in [7, 11) is 0. The molecule has 1 aromatic heterocycles. The van der Waals surface area contributed by atoms with E-state index >= 15 is 0 Å². The number of morpholine rings is 1. The van der Waals surface area contributed by atoms with Crippen molar-refractivity contribution < 1.29 is 14.6 Å². The number of pyridine rings is 1. The van der Waals surface area contributed by atoms with Crippen LogP contribution in [0.15, 0.2) is 64.0 Å². The van der Waals surface area contributed by atoms with Gasteiger partial charge in [-0.3, -0.25) is 19.3 Å². The number of aromatic hydroxyl groups is 1. The van der Waals surface area contributed by atoms with Crippen molar-refractivity contribution in [1.82, 2.24) is 9.58 Å². The third kappa shape index (κ3) is 3.05. The molecule has 1 saturated heterocycles. The van der Waals surface area contributed by atoms with Crippen molar-refractivity contribution in [2.75, 3.05) is 24.8 Å². The second-order valence-electron chi connectivity index (χ2n) is 8.29. The molecule has 8 heteroatoms. The summed E-state index contributed by atoms with van der Waals surface area (Å²) in [6.45, 7) is 1.10. The predicted octanol–water partition coefficient (Wildman–Crippen LogP) is 3.34. The first-order valence-corrected chi connectivity index (χ1v) is 11.5. The number of nitrogens with zero attached hydrogens (tertiary/aromatic N) is 3. The van der Waals surface area contributed by atoms with Gasteiger partial charge in [0.05, 0.1) is 19.3 Å². The fourth-order valence-corrected chi connectivity index (χ4v) is 5.39. The van der Waals surface area contributed by atoms with Gasteiger partial charge >= 0.3 is 0 Å². The molecule has 7 nitrogen and oxygen atoms in total. The lowest BCUT2D eigenvalue weighted by atomic mass is 9.92. The topological polar surface area (TPSA) is 75.0 Å². The van der Waals surface area contributed by atoms with E-state index < -0.39 is 17.3 Å². The van der Waals surface area contributed by atoms with Crippen molar-refractivity contribution >= 4 is 34.0 Å². The average molecular weight is 506 g/mol. The Morgan fingerprint density at radius 2 is 1.79 bits per heavy atom. The standard InChI is InChI=1S/C25H20BrN3O4/c26-17-7-8-19-16(13-17)6-5-15-3-1-2-4-18(15)22(19)29-21-14-33-12-11-27(21)25(32)23-24(31)20(30)9-10-28(23)29/h1-10,13,21-22,31H,11-12,14H2/t21-,22?/m1/s1. The van der Waals surface area contributed by atoms with E-state index in [1.807, 2.05) is 23.2 Å². The Hall–Kier alpha value is -3.36. The molecule has 2 aliphatic heterocycles. The third-order valence-corrected chi connectivity index (χ3v) is 7.01. The Balaban J connectivity index is 1.67. The maximum Gasteiger partial charge on any atom is 0.278 e. The minimum atomic E-state index is -0.575. The van der Waals surface area contributed by atoms with Crippen LogP contribution in [0.2, 0.25) is 0 Å². The van der Waals surface area contributed by atoms with Crippen LogP contribution >= 0.6 is 15.9 Å². The molecule has 2 atom stereocenters. The molecule has 3 aromatic rings. The van der Waals surface area contributed by atoms with Crippen LogP contribution in [-0.2, 0) is 4.74 Å². The Kier molecular flexibility index (Phi) is 4.67. The highest BCUT2D eigenvalue weighted by Gasteiger charge is 2.45. The molecule has 0 saturated carbocycles. The predicted molar refractivity (Wildman–Crippen MR) is 128 cm³/mol. The Labute approximate surface area is 198 Å². The lowest BCUT2D eigenvalue weighted by molar-refractivity contribution is -0.0197. The normalized spacial score (nSPS) is 21.1. The number of halogens is 1. The van der Waals surface area contributed by atoms with Crippen LogP contribution in [0.3, 0.4) is 0 Å². The second-order valence-corrected chi connectivity index (χ2v) is 9.21. The highest BCUT2D eigenvalue weighted by Crippen LogP contribution is 2.41. The summed E-state index contributed by atoms with van der Waals surface area (Å²) >= 11 is 3.58. The number of carbonyl (C=O) groups is 1. The Morgan fingerprint density at radius 3 is 2.67 bits per heavy atom. The van der Waals surface area contributed by atoms with Gasteiger partial charge in [0.25, 0.3) is 5.91 Å². The van der Waals surface area contributed by atoms with Gasteiger partial charge in [0, 0.05) is 23.3 Å². The summed E-state index contributed by atoms with van der Waals surface area (Å²) in [4.78, 5) is 27.3. The van der Waals surface area contributed by atoms with Gasteiger partial charge in [0.15, 0.2) is 11.4 Å². The summed E-state index contributed by atoms with van der Waals surface area (Å²) in [5.74, 6) is -0.903. The fourth-order valence-electron chi connectivity index (χ4n) is 5.01. The van der Waals surface area contributed by atoms with Gasteiger partial charge in [-0.2, -0.15) is 0 Å². The molecule has 0 spiro atoms. The number of rotatable bonds is 1. The third-order valence-electron chi connectivity index (χ3n) is 6.52. The lowest BCUT2D eigenvalue weighted by Gasteiger charge is -2.51. The number of benzene rings is 2. The maximum atomic E-state index is 13.4. The quantitative estimate of drug-likeness (QED) is 0.548. The van der Waals surface area contributed by atoms with Crippen LogP contribution in [0.4, 0.5) is 0 Å². The van der Waals surface area contributed by atoms with Gasteiger partial charge in [0.2, 0.25) is 5.43 Å². The Bertz CT molecular complexity index is 1380. The fraction of sp³-hybridized carbons (Fsp3) is 0.200. The number of fused-ring (bicyclic) bond motifs is 4. The Morgan fingerprint density at radius 1 is 1.00 bits per heavy atom. The molecule has 1 fully saturated rings. The minimum Gasteiger partial charge on any atom is -0.502 e. The van der Waals surface area contributed by atoms with E-state index in [1.54, 1.807) is 15.8 Å². The summed E-state index contributed by atoms with van der Waals surface area (Å²) < 4.78 is 8.41. The number of carbonyl (C=O) groups excluding carboxylic acids is 1. The molecule has 1 aliphatic carbocycles. The van der Waals surface area contributed by atoms with Crippen molar-refractivity contribution in [3.8, 4) is 5.75 Å². The van der Waals surface area contributed by atoms with E-state index in [0.717, 1.165) is 26.7 Å². The van der Waals surface area contributed by atoms with Crippen molar-refractivity contribution in [2.45, 2.75) is 12.2 Å². The highest BCUT2D eigenvalue weighted by molar-refractivity contribution is 9.10. The molecule has 3 aliphatic rings. The second kappa shape index (κ2) is 7.60. The van der Waals surface area contributed by atoms with Gasteiger partial charge < -0.3 is 14.7 Å². The van der Waals surface area contributed by atoms with E-state index in [1.165, 1.54) is 6.07 Å². The molecule has 166 valence electrons. The van der Waals surface area contributed by atoms with Crippen molar-refractivity contribution in [3.63, 3.8) is 0 Å². The molecular weight excluding hydrogens is 486 g/mol. The van der Waals surface area contributed by atoms with Crippen LogP contribution in [-0.4, -0.2) is 46.5 Å². The van der Waals surface area contributed by atoms with E-state index in [-0.39, 0.29) is 17.6 Å². The molecule has 1 unspecified atom stereocenters. The molecule has 3 heterocycles. The molecule has 6 rings (SSSR count). The largest absolute Gasteiger partial charge is 0.502 e. The first kappa shape index (κ1) is 20.3. The monoisotopic (exact) mass is 505 g/mol. The van der Waals surface area contributed by atoms with E-state index in [4.69, 9.17) is 4.74 Å². The van der Waals surface area contributed by atoms with Crippen molar-refractivity contribution in [1.29, 1.82) is 0 Å². The van der Waals surface area contributed by atoms with Gasteiger partial charge in [-0.05, 0) is 34.4 Å². The molecule has 0 bridgehead atoms. The zero-order valence-corrected chi connectivity index (χ0v) is 19.1. The highest BCUT2D eigenvalue weighted by atomic mass is 79.9. The number of ether oxygens (including phenoxy) is 1. The first-order chi connectivity index (χ1) is 16.0. The van der Waals surface area contributed by atoms with E-state index in [0.29, 0.717) is 19.8 Å². The van der Waals surface area contributed by atoms with Crippen molar-refractivity contribution in [2.24, 2.45) is 0 Å². The zero-order chi connectivity index (χ0) is 22.7. The molecule has 1 N–H and O–H groups in total. The summed E-state index contributed by atoms with van der Waals surface area (Å²) in [5, 5.41) is 12.7. The van der Waals surface area contributed by atoms with Crippen molar-refractivity contribution in [3.05, 3.63) is 97.4 Å². The summed E-state index contributed by atoms with van der Waals surface area (Å²) in [6, 6.07) is 15.3. The van der Waals surface area contributed by atoms with Crippen LogP contribution in [0, 0.1) is 0 Å². The van der Waals surface area contributed by atoms with Crippen LogP contribution in [0.25, 0.3) is 12.2 Å². The van der Waals surface area contributed by atoms with E-state index in [9.17, 15) is 14.7 Å². The first-order valence-electron chi connectivity index (χ1n) is 10.7. The van der Waals surface area contributed by atoms with Crippen LogP contribution < -0.4 is 10.4 Å². The summed E-state index contributed by atoms with van der Waals surface area (Å²) in [5.41, 5.74) is 3.60. The molecule has 33 heavy (non-hydrogen) atoms. The smallest absolute Gasteiger partial charge is 0.278 e. The van der Waals surface area contributed by atoms with Crippen LogP contribution in [0.1, 0.15) is 38.8 Å². The zero-order valence-electron chi connectivity index (χ0n) is 17.5. The SMILES string of the molecule is O=C1c2c(O)c(=O)ccn2N(C2c3ccccc3C=Cc3cc(Br)ccc32)[C@@H]2COCCN12. The number of hydrogen-bond donors (Lipinski definition) is 1. The van der Waals surface area contributed by atoms with Crippen LogP contribution in [0.5, 0.6) is 5.75 Å². The molecule has 2 aromatic carbocycles. The number of amides is 1. The van der Waals surface area contributed by atoms with E-state index in [2.05, 4.69) is 52.3 Å². The van der Waals surface area contributed by atoms with Gasteiger partial charge in [-0.1, -0.05) is 58.4 Å². The maximum absolute atomic E-state index is 13.4. The molecule has 0 radical (unpaired) electrons. The van der Waals surface area contributed by atoms with Gasteiger partial charge in [-0.25, -0.2) is 0 Å². The average Bonchev–Trinajstić information content (AvgIpc) is 2.98. The molecule has 1 amide bonds. The number of hydrogen-bond acceptors (Lipinski definition) is 5. The lowest BCUT2D eigenvalue weighted by Crippen LogP contribution is -2.66. The molecular formula is C25H20BrN3O4. The minimum absolute atomic E-state index is 0.0194. The van der Waals surface area contributed by atoms with Gasteiger partial charge in [-0.15, -0.1) is 0 Å². The number of aromatic nitrogens is 1.